The quantitative estimate of drug-likeness (QED) is 0.553. The van der Waals surface area contributed by atoms with E-state index in [1.54, 1.807) is 6.21 Å². The van der Waals surface area contributed by atoms with Crippen LogP contribution in [0.4, 0.5) is 0 Å². The van der Waals surface area contributed by atoms with Crippen molar-refractivity contribution in [1.82, 2.24) is 0 Å². The fourth-order valence-electron chi connectivity index (χ4n) is 1.95. The zero-order valence-corrected chi connectivity index (χ0v) is 12.9. The molecule has 0 aromatic carbocycles. The molecule has 18 heavy (non-hydrogen) atoms. The van der Waals surface area contributed by atoms with Crippen LogP contribution in [0, 0.1) is 5.92 Å². The van der Waals surface area contributed by atoms with Gasteiger partial charge in [0.15, 0.2) is 5.79 Å². The van der Waals surface area contributed by atoms with Crippen LogP contribution in [0.3, 0.4) is 0 Å². The highest BCUT2D eigenvalue weighted by Gasteiger charge is 2.45. The van der Waals surface area contributed by atoms with Crippen LogP contribution < -0.4 is 0 Å². The fraction of sp³-hybridized carbons (Fsp3) is 0.923. The van der Waals surface area contributed by atoms with Gasteiger partial charge in [0.05, 0.1) is 4.75 Å². The van der Waals surface area contributed by atoms with Crippen LogP contribution in [0.25, 0.3) is 0 Å². The monoisotopic (exact) mass is 275 g/mol. The number of ether oxygens (including phenoxy) is 2. The summed E-state index contributed by atoms with van der Waals surface area (Å²) in [6.45, 7) is 11.0. The van der Waals surface area contributed by atoms with Crippen LogP contribution in [0.5, 0.6) is 0 Å². The Bertz CT molecular complexity index is 309. The van der Waals surface area contributed by atoms with Gasteiger partial charge in [-0.3, -0.25) is 0 Å². The Balaban J connectivity index is 2.46. The summed E-state index contributed by atoms with van der Waals surface area (Å²) in [7, 11) is -1.17. The van der Waals surface area contributed by atoms with Crippen molar-refractivity contribution >= 4 is 17.2 Å². The Morgan fingerprint density at radius 3 is 2.17 bits per heavy atom. The third-order valence-corrected chi connectivity index (χ3v) is 4.21. The van der Waals surface area contributed by atoms with E-state index in [4.69, 9.17) is 9.47 Å². The minimum Gasteiger partial charge on any atom is -0.350 e. The van der Waals surface area contributed by atoms with Crippen molar-refractivity contribution in [1.29, 1.82) is 0 Å². The molecule has 1 atom stereocenters. The standard InChI is InChI=1S/C13H25NO3S/c1-6-16-13(17-7-2)8-11(9-13)10-14-18(15)12(3,4)5/h10-11H,6-9H2,1-5H3. The summed E-state index contributed by atoms with van der Waals surface area (Å²) in [6, 6.07) is 0. The van der Waals surface area contributed by atoms with Crippen LogP contribution in [0.1, 0.15) is 47.5 Å². The first-order valence-corrected chi connectivity index (χ1v) is 7.68. The molecule has 0 heterocycles. The summed E-state index contributed by atoms with van der Waals surface area (Å²) in [5.74, 6) is -0.113. The summed E-state index contributed by atoms with van der Waals surface area (Å²) < 4.78 is 26.9. The van der Waals surface area contributed by atoms with E-state index in [1.807, 2.05) is 34.6 Å². The summed E-state index contributed by atoms with van der Waals surface area (Å²) in [5.41, 5.74) is 0. The highest BCUT2D eigenvalue weighted by Crippen LogP contribution is 2.41. The van der Waals surface area contributed by atoms with Gasteiger partial charge in [-0.15, -0.1) is 0 Å². The molecule has 0 saturated heterocycles. The molecule has 1 rings (SSSR count). The van der Waals surface area contributed by atoms with Gasteiger partial charge in [0.1, 0.15) is 11.0 Å². The molecule has 0 aromatic heterocycles. The molecule has 5 heteroatoms. The van der Waals surface area contributed by atoms with Gasteiger partial charge < -0.3 is 9.47 Å². The van der Waals surface area contributed by atoms with Crippen molar-refractivity contribution in [3.63, 3.8) is 0 Å². The van der Waals surface area contributed by atoms with Crippen molar-refractivity contribution in [3.05, 3.63) is 0 Å². The van der Waals surface area contributed by atoms with Crippen LogP contribution in [0.2, 0.25) is 0 Å². The highest BCUT2D eigenvalue weighted by atomic mass is 32.2. The summed E-state index contributed by atoms with van der Waals surface area (Å²) in [6.07, 6.45) is 3.41. The molecular formula is C13H25NO3S. The number of hydrogen-bond acceptors (Lipinski definition) is 3. The second-order valence-corrected chi connectivity index (χ2v) is 7.49. The smallest absolute Gasteiger partial charge is 0.169 e. The van der Waals surface area contributed by atoms with E-state index in [0.717, 1.165) is 12.8 Å². The molecule has 4 nitrogen and oxygen atoms in total. The van der Waals surface area contributed by atoms with Gasteiger partial charge >= 0.3 is 0 Å². The molecule has 106 valence electrons. The van der Waals surface area contributed by atoms with Crippen molar-refractivity contribution in [2.45, 2.75) is 58.0 Å². The molecule has 0 spiro atoms. The first-order valence-electron chi connectivity index (χ1n) is 6.57. The van der Waals surface area contributed by atoms with Gasteiger partial charge in [-0.2, -0.15) is 4.40 Å². The summed E-state index contributed by atoms with van der Waals surface area (Å²) in [4.78, 5) is 0. The predicted molar refractivity (Wildman–Crippen MR) is 75.1 cm³/mol. The molecular weight excluding hydrogens is 250 g/mol. The Hall–Kier alpha value is -0.260. The average Bonchev–Trinajstić information content (AvgIpc) is 2.21. The molecule has 0 bridgehead atoms. The molecule has 1 fully saturated rings. The maximum atomic E-state index is 11.8. The average molecular weight is 275 g/mol. The van der Waals surface area contributed by atoms with E-state index >= 15 is 0 Å². The second-order valence-electron chi connectivity index (χ2n) is 5.56. The maximum Gasteiger partial charge on any atom is 0.169 e. The third kappa shape index (κ3) is 4.14. The molecule has 0 radical (unpaired) electrons. The molecule has 1 aliphatic carbocycles. The van der Waals surface area contributed by atoms with Crippen molar-refractivity contribution in [2.24, 2.45) is 10.3 Å². The lowest BCUT2D eigenvalue weighted by Gasteiger charge is -2.45. The number of hydrogen-bond donors (Lipinski definition) is 0. The van der Waals surface area contributed by atoms with Crippen LogP contribution in [0.15, 0.2) is 4.40 Å². The Morgan fingerprint density at radius 1 is 1.28 bits per heavy atom. The first kappa shape index (κ1) is 15.8. The molecule has 1 saturated carbocycles. The number of rotatable bonds is 6. The minimum atomic E-state index is -1.17. The van der Waals surface area contributed by atoms with E-state index in [0.29, 0.717) is 19.1 Å². The van der Waals surface area contributed by atoms with Crippen LogP contribution in [-0.2, 0) is 20.5 Å². The van der Waals surface area contributed by atoms with E-state index in [2.05, 4.69) is 4.40 Å². The Morgan fingerprint density at radius 2 is 1.78 bits per heavy atom. The van der Waals surface area contributed by atoms with E-state index in [-0.39, 0.29) is 4.75 Å². The van der Waals surface area contributed by atoms with Gasteiger partial charge in [-0.25, -0.2) is 4.21 Å². The molecule has 0 aliphatic heterocycles. The lowest BCUT2D eigenvalue weighted by molar-refractivity contribution is -0.282. The zero-order chi connectivity index (χ0) is 13.8. The highest BCUT2D eigenvalue weighted by molar-refractivity contribution is 7.85. The summed E-state index contributed by atoms with van der Waals surface area (Å²) >= 11 is 0. The van der Waals surface area contributed by atoms with Crippen LogP contribution >= 0.6 is 0 Å². The lowest BCUT2D eigenvalue weighted by Crippen LogP contribution is -2.49. The van der Waals surface area contributed by atoms with Crippen molar-refractivity contribution in [3.8, 4) is 0 Å². The van der Waals surface area contributed by atoms with Crippen LogP contribution in [-0.4, -0.2) is 34.2 Å². The third-order valence-electron chi connectivity index (χ3n) is 2.85. The molecule has 0 N–H and O–H groups in total. The van der Waals surface area contributed by atoms with Gasteiger partial charge in [0.2, 0.25) is 0 Å². The topological polar surface area (TPSA) is 47.9 Å². The Kier molecular flexibility index (Phi) is 5.49. The lowest BCUT2D eigenvalue weighted by atomic mass is 9.79. The van der Waals surface area contributed by atoms with Gasteiger partial charge in [0.25, 0.3) is 0 Å². The van der Waals surface area contributed by atoms with E-state index in [9.17, 15) is 4.21 Å². The second kappa shape index (κ2) is 6.26. The van der Waals surface area contributed by atoms with E-state index in [1.165, 1.54) is 0 Å². The number of nitrogens with zero attached hydrogens (tertiary/aromatic N) is 1. The Labute approximate surface area is 113 Å². The molecule has 0 amide bonds. The minimum absolute atomic E-state index is 0.294. The normalized spacial score (nSPS) is 22.1. The predicted octanol–water partition coefficient (Wildman–Crippen LogP) is 2.70. The van der Waals surface area contributed by atoms with Gasteiger partial charge in [-0.1, -0.05) is 0 Å². The molecule has 1 unspecified atom stereocenters. The molecule has 1 aliphatic rings. The van der Waals surface area contributed by atoms with E-state index < -0.39 is 16.8 Å². The van der Waals surface area contributed by atoms with Gasteiger partial charge in [-0.05, 0) is 34.6 Å². The van der Waals surface area contributed by atoms with Gasteiger partial charge in [0, 0.05) is 38.2 Å². The first-order chi connectivity index (χ1) is 8.33. The summed E-state index contributed by atoms with van der Waals surface area (Å²) in [5, 5.41) is 0. The SMILES string of the molecule is CCOC1(OCC)CC(C=NS(=O)C(C)(C)C)C1. The largest absolute Gasteiger partial charge is 0.350 e. The zero-order valence-electron chi connectivity index (χ0n) is 12.1. The van der Waals surface area contributed by atoms with Crippen molar-refractivity contribution in [2.75, 3.05) is 13.2 Å². The van der Waals surface area contributed by atoms with Crippen molar-refractivity contribution < 1.29 is 13.7 Å². The fourth-order valence-corrected chi connectivity index (χ4v) is 2.55. The molecule has 0 aromatic rings. The maximum absolute atomic E-state index is 11.8.